The Hall–Kier alpha value is -1.03. The minimum atomic E-state index is -3.95. The van der Waals surface area contributed by atoms with Gasteiger partial charge in [0.1, 0.15) is 18.3 Å². The number of carbonyl (C=O) groups excluding carboxylic acids is 1. The number of fused-ring (bicyclic) bond motifs is 1. The van der Waals surface area contributed by atoms with Gasteiger partial charge in [-0.05, 0) is 18.9 Å². The van der Waals surface area contributed by atoms with Gasteiger partial charge in [0.2, 0.25) is 0 Å². The van der Waals surface area contributed by atoms with Crippen LogP contribution in [0.3, 0.4) is 0 Å². The molecule has 24 heavy (non-hydrogen) atoms. The Morgan fingerprint density at radius 2 is 1.96 bits per heavy atom. The van der Waals surface area contributed by atoms with E-state index in [4.69, 9.17) is 13.7 Å². The van der Waals surface area contributed by atoms with Crippen molar-refractivity contribution in [2.24, 2.45) is 0 Å². The number of ether oxygens (including phenoxy) is 3. The number of rotatable bonds is 3. The van der Waals surface area contributed by atoms with E-state index in [0.29, 0.717) is 12.8 Å². The van der Waals surface area contributed by atoms with Crippen LogP contribution in [0.2, 0.25) is 0 Å². The lowest BCUT2D eigenvalue weighted by Crippen LogP contribution is -2.49. The van der Waals surface area contributed by atoms with Gasteiger partial charge in [0, 0.05) is 12.8 Å². The maximum atomic E-state index is 14.8. The summed E-state index contributed by atoms with van der Waals surface area (Å²) in [5.41, 5.74) is -0.302. The first-order chi connectivity index (χ1) is 11.2. The molecule has 2 fully saturated rings. The number of halogens is 1. The maximum Gasteiger partial charge on any atom is 0.336 e. The first kappa shape index (κ1) is 17.8. The van der Waals surface area contributed by atoms with Gasteiger partial charge in [-0.1, -0.05) is 6.42 Å². The first-order valence-electron chi connectivity index (χ1n) is 7.93. The molecule has 0 bridgehead atoms. The number of hydrogen-bond acceptors (Lipinski definition) is 7. The van der Waals surface area contributed by atoms with E-state index in [9.17, 15) is 17.6 Å². The van der Waals surface area contributed by atoms with E-state index in [-0.39, 0.29) is 5.57 Å². The fourth-order valence-electron chi connectivity index (χ4n) is 3.58. The summed E-state index contributed by atoms with van der Waals surface area (Å²) in [7, 11) is -2.82. The van der Waals surface area contributed by atoms with E-state index >= 15 is 0 Å². The highest BCUT2D eigenvalue weighted by atomic mass is 32.2. The molecule has 4 atom stereocenters. The van der Waals surface area contributed by atoms with Gasteiger partial charge in [-0.2, -0.15) is 8.42 Å². The summed E-state index contributed by atoms with van der Waals surface area (Å²) in [5.74, 6) is -1.75. The van der Waals surface area contributed by atoms with Gasteiger partial charge < -0.3 is 14.2 Å². The SMILES string of the molecule is COC(=O)C1=C[C@H]2OC3(CCCCC3)O[C@H]2[C@H](OS(C)(=O)=O)[C@H]1F. The van der Waals surface area contributed by atoms with Crippen molar-refractivity contribution in [3.05, 3.63) is 11.6 Å². The number of carbonyl (C=O) groups is 1. The lowest BCUT2D eigenvalue weighted by Gasteiger charge is -2.33. The monoisotopic (exact) mass is 364 g/mol. The standard InChI is InChI=1S/C15H21FO7S/c1-20-14(17)9-8-10-12(13(11(9)16)23-24(2,18)19)22-15(21-10)6-4-3-5-7-15/h8,10-13H,3-7H2,1-2H3/t10-,11+,12-,13-/m1/s1. The van der Waals surface area contributed by atoms with Crippen LogP contribution in [0.4, 0.5) is 4.39 Å². The van der Waals surface area contributed by atoms with Crippen molar-refractivity contribution in [3.8, 4) is 0 Å². The van der Waals surface area contributed by atoms with Crippen molar-refractivity contribution in [1.29, 1.82) is 0 Å². The fraction of sp³-hybridized carbons (Fsp3) is 0.800. The molecule has 0 aromatic rings. The minimum Gasteiger partial charge on any atom is -0.466 e. The molecule has 0 aromatic carbocycles. The Morgan fingerprint density at radius 1 is 1.29 bits per heavy atom. The molecular formula is C15H21FO7S. The van der Waals surface area contributed by atoms with Crippen LogP contribution < -0.4 is 0 Å². The molecule has 3 rings (SSSR count). The van der Waals surface area contributed by atoms with Gasteiger partial charge in [-0.3, -0.25) is 4.18 Å². The summed E-state index contributed by atoms with van der Waals surface area (Å²) < 4.78 is 59.2. The van der Waals surface area contributed by atoms with E-state index in [0.717, 1.165) is 32.6 Å². The molecule has 0 unspecified atom stereocenters. The van der Waals surface area contributed by atoms with Crippen molar-refractivity contribution >= 4 is 16.1 Å². The minimum absolute atomic E-state index is 0.302. The zero-order valence-electron chi connectivity index (χ0n) is 13.6. The van der Waals surface area contributed by atoms with Gasteiger partial charge in [0.25, 0.3) is 10.1 Å². The Kier molecular flexibility index (Phi) is 4.71. The highest BCUT2D eigenvalue weighted by molar-refractivity contribution is 7.86. The maximum absolute atomic E-state index is 14.8. The smallest absolute Gasteiger partial charge is 0.336 e. The van der Waals surface area contributed by atoms with Crippen LogP contribution in [-0.2, 0) is 33.3 Å². The second-order valence-electron chi connectivity index (χ2n) is 6.42. The lowest BCUT2D eigenvalue weighted by molar-refractivity contribution is -0.197. The number of alkyl halides is 1. The van der Waals surface area contributed by atoms with Crippen LogP contribution in [0.5, 0.6) is 0 Å². The summed E-state index contributed by atoms with van der Waals surface area (Å²) >= 11 is 0. The Morgan fingerprint density at radius 3 is 2.54 bits per heavy atom. The normalized spacial score (nSPS) is 35.4. The van der Waals surface area contributed by atoms with E-state index in [1.54, 1.807) is 0 Å². The van der Waals surface area contributed by atoms with Crippen molar-refractivity contribution < 1.29 is 36.0 Å². The predicted octanol–water partition coefficient (Wildman–Crippen LogP) is 1.23. The van der Waals surface area contributed by atoms with Gasteiger partial charge in [-0.25, -0.2) is 9.18 Å². The van der Waals surface area contributed by atoms with Gasteiger partial charge >= 0.3 is 5.97 Å². The highest BCUT2D eigenvalue weighted by Crippen LogP contribution is 2.45. The van der Waals surface area contributed by atoms with E-state index in [2.05, 4.69) is 4.74 Å². The van der Waals surface area contributed by atoms with Crippen molar-refractivity contribution in [1.82, 2.24) is 0 Å². The molecule has 1 spiro atoms. The number of methoxy groups -OCH3 is 1. The third-order valence-corrected chi connectivity index (χ3v) is 5.17. The second-order valence-corrected chi connectivity index (χ2v) is 8.02. The van der Waals surface area contributed by atoms with Gasteiger partial charge in [0.05, 0.1) is 18.9 Å². The molecule has 1 heterocycles. The fourth-order valence-corrected chi connectivity index (χ4v) is 4.19. The van der Waals surface area contributed by atoms with Crippen LogP contribution in [-0.4, -0.2) is 58.0 Å². The molecule has 2 aliphatic carbocycles. The molecule has 7 nitrogen and oxygen atoms in total. The van der Waals surface area contributed by atoms with Crippen molar-refractivity contribution in [3.63, 3.8) is 0 Å². The molecule has 9 heteroatoms. The van der Waals surface area contributed by atoms with Crippen LogP contribution >= 0.6 is 0 Å². The van der Waals surface area contributed by atoms with Crippen molar-refractivity contribution in [2.45, 2.75) is 62.4 Å². The molecule has 1 aliphatic heterocycles. The molecule has 1 saturated carbocycles. The van der Waals surface area contributed by atoms with E-state index in [1.165, 1.54) is 6.08 Å². The first-order valence-corrected chi connectivity index (χ1v) is 9.74. The molecule has 0 N–H and O–H groups in total. The molecule has 3 aliphatic rings. The average molecular weight is 364 g/mol. The molecule has 0 radical (unpaired) electrons. The van der Waals surface area contributed by atoms with Crippen LogP contribution in [0, 0.1) is 0 Å². The quantitative estimate of drug-likeness (QED) is 0.550. The lowest BCUT2D eigenvalue weighted by atomic mass is 9.90. The summed E-state index contributed by atoms with van der Waals surface area (Å²) in [6.07, 6.45) is 1.17. The van der Waals surface area contributed by atoms with Crippen LogP contribution in [0.25, 0.3) is 0 Å². The molecular weight excluding hydrogens is 343 g/mol. The summed E-state index contributed by atoms with van der Waals surface area (Å²) in [6, 6.07) is 0. The zero-order chi connectivity index (χ0) is 17.5. The van der Waals surface area contributed by atoms with Crippen LogP contribution in [0.15, 0.2) is 11.6 Å². The van der Waals surface area contributed by atoms with Gasteiger partial charge in [-0.15, -0.1) is 0 Å². The molecule has 0 amide bonds. The van der Waals surface area contributed by atoms with Gasteiger partial charge in [0.15, 0.2) is 12.0 Å². The summed E-state index contributed by atoms with van der Waals surface area (Å²) in [4.78, 5) is 11.8. The highest BCUT2D eigenvalue weighted by Gasteiger charge is 2.56. The van der Waals surface area contributed by atoms with Crippen molar-refractivity contribution in [2.75, 3.05) is 13.4 Å². The summed E-state index contributed by atoms with van der Waals surface area (Å²) in [5, 5.41) is 0. The molecule has 0 aromatic heterocycles. The second kappa shape index (κ2) is 6.36. The zero-order valence-corrected chi connectivity index (χ0v) is 14.4. The number of esters is 1. The van der Waals surface area contributed by atoms with E-state index in [1.807, 2.05) is 0 Å². The Labute approximate surface area is 140 Å². The predicted molar refractivity (Wildman–Crippen MR) is 80.3 cm³/mol. The Bertz CT molecular complexity index is 638. The van der Waals surface area contributed by atoms with Crippen LogP contribution in [0.1, 0.15) is 32.1 Å². The topological polar surface area (TPSA) is 88.1 Å². The Balaban J connectivity index is 1.93. The summed E-state index contributed by atoms with van der Waals surface area (Å²) in [6.45, 7) is 0. The van der Waals surface area contributed by atoms with E-state index < -0.39 is 46.4 Å². The molecule has 1 saturated heterocycles. The third-order valence-electron chi connectivity index (χ3n) is 4.60. The average Bonchev–Trinajstić information content (AvgIpc) is 2.86. The third kappa shape index (κ3) is 3.35. The number of hydrogen-bond donors (Lipinski definition) is 0. The molecule has 136 valence electrons. The largest absolute Gasteiger partial charge is 0.466 e.